The lowest BCUT2D eigenvalue weighted by Gasteiger charge is -2.50. The van der Waals surface area contributed by atoms with Gasteiger partial charge in [-0.15, -0.1) is 0 Å². The maximum Gasteiger partial charge on any atom is 0.0641 e. The second-order valence-corrected chi connectivity index (χ2v) is 8.16. The first-order valence-corrected chi connectivity index (χ1v) is 8.97. The molecule has 0 aromatic carbocycles. The van der Waals surface area contributed by atoms with Crippen LogP contribution in [0, 0.1) is 11.8 Å². The molecule has 2 aliphatic heterocycles. The quantitative estimate of drug-likeness (QED) is 0.861. The van der Waals surface area contributed by atoms with E-state index in [1.807, 2.05) is 0 Å². The zero-order valence-corrected chi connectivity index (χ0v) is 15.0. The van der Waals surface area contributed by atoms with Crippen molar-refractivity contribution >= 4 is 0 Å². The zero-order valence-electron chi connectivity index (χ0n) is 15.0. The molecule has 2 fully saturated rings. The van der Waals surface area contributed by atoms with Gasteiger partial charge in [-0.2, -0.15) is 0 Å². The third kappa shape index (κ3) is 4.20. The lowest BCUT2D eigenvalue weighted by Crippen LogP contribution is -2.64. The Kier molecular flexibility index (Phi) is 5.72. The lowest BCUT2D eigenvalue weighted by atomic mass is 9.86. The predicted octanol–water partition coefficient (Wildman–Crippen LogP) is 3.29. The Morgan fingerprint density at radius 3 is 2.57 bits per heavy atom. The molecular formula is C18H36N2O. The Morgan fingerprint density at radius 2 is 2.00 bits per heavy atom. The minimum atomic E-state index is 0.0428. The fourth-order valence-corrected chi connectivity index (χ4v) is 4.00. The zero-order chi connectivity index (χ0) is 15.6. The second kappa shape index (κ2) is 6.97. The molecule has 0 aliphatic carbocycles. The third-order valence-corrected chi connectivity index (χ3v) is 5.66. The topological polar surface area (TPSA) is 24.5 Å². The van der Waals surface area contributed by atoms with Gasteiger partial charge in [-0.3, -0.25) is 4.90 Å². The number of rotatable bonds is 4. The van der Waals surface area contributed by atoms with Crippen molar-refractivity contribution in [3.63, 3.8) is 0 Å². The molecule has 3 nitrogen and oxygen atoms in total. The SMILES string of the molecule is CCC(C)C1CN(C2CCOC(C)(C)C2)C(C(C)C)CN1. The van der Waals surface area contributed by atoms with Gasteiger partial charge in [-0.1, -0.05) is 34.1 Å². The van der Waals surface area contributed by atoms with Crippen molar-refractivity contribution in [3.8, 4) is 0 Å². The van der Waals surface area contributed by atoms with Crippen molar-refractivity contribution in [1.29, 1.82) is 0 Å². The van der Waals surface area contributed by atoms with Crippen LogP contribution in [0.15, 0.2) is 0 Å². The first-order chi connectivity index (χ1) is 9.84. The minimum absolute atomic E-state index is 0.0428. The maximum atomic E-state index is 5.94. The van der Waals surface area contributed by atoms with Crippen molar-refractivity contribution in [2.45, 2.75) is 84.5 Å². The predicted molar refractivity (Wildman–Crippen MR) is 89.6 cm³/mol. The summed E-state index contributed by atoms with van der Waals surface area (Å²) in [7, 11) is 0. The van der Waals surface area contributed by atoms with Crippen LogP contribution in [0.2, 0.25) is 0 Å². The largest absolute Gasteiger partial charge is 0.375 e. The van der Waals surface area contributed by atoms with E-state index in [-0.39, 0.29) is 5.60 Å². The molecule has 4 atom stereocenters. The van der Waals surface area contributed by atoms with Crippen LogP contribution in [0.4, 0.5) is 0 Å². The summed E-state index contributed by atoms with van der Waals surface area (Å²) in [4.78, 5) is 2.82. The molecular weight excluding hydrogens is 260 g/mol. The summed E-state index contributed by atoms with van der Waals surface area (Å²) in [5.74, 6) is 1.47. The Balaban J connectivity index is 2.10. The molecule has 0 spiro atoms. The number of nitrogens with zero attached hydrogens (tertiary/aromatic N) is 1. The van der Waals surface area contributed by atoms with Gasteiger partial charge in [0.05, 0.1) is 5.60 Å². The first kappa shape index (κ1) is 17.2. The molecule has 0 aromatic heterocycles. The molecule has 124 valence electrons. The van der Waals surface area contributed by atoms with Crippen molar-refractivity contribution < 1.29 is 4.74 Å². The molecule has 0 amide bonds. The summed E-state index contributed by atoms with van der Waals surface area (Å²) in [6.07, 6.45) is 3.63. The molecule has 4 unspecified atom stereocenters. The van der Waals surface area contributed by atoms with E-state index in [2.05, 4.69) is 51.8 Å². The fraction of sp³-hybridized carbons (Fsp3) is 1.00. The van der Waals surface area contributed by atoms with E-state index in [0.29, 0.717) is 24.0 Å². The van der Waals surface area contributed by atoms with E-state index < -0.39 is 0 Å². The van der Waals surface area contributed by atoms with Crippen LogP contribution in [-0.4, -0.2) is 48.3 Å². The van der Waals surface area contributed by atoms with Gasteiger partial charge in [-0.25, -0.2) is 0 Å². The Bertz CT molecular complexity index is 329. The summed E-state index contributed by atoms with van der Waals surface area (Å²) in [6.45, 7) is 17.2. The van der Waals surface area contributed by atoms with Crippen LogP contribution in [0.1, 0.15) is 60.8 Å². The smallest absolute Gasteiger partial charge is 0.0641 e. The van der Waals surface area contributed by atoms with E-state index in [9.17, 15) is 0 Å². The Labute approximate surface area is 131 Å². The van der Waals surface area contributed by atoms with Crippen LogP contribution >= 0.6 is 0 Å². The highest BCUT2D eigenvalue weighted by molar-refractivity contribution is 4.95. The average Bonchev–Trinajstić information content (AvgIpc) is 2.44. The molecule has 0 bridgehead atoms. The van der Waals surface area contributed by atoms with Gasteiger partial charge >= 0.3 is 0 Å². The van der Waals surface area contributed by atoms with Crippen molar-refractivity contribution in [2.24, 2.45) is 11.8 Å². The van der Waals surface area contributed by atoms with Crippen molar-refractivity contribution in [3.05, 3.63) is 0 Å². The van der Waals surface area contributed by atoms with Gasteiger partial charge in [0, 0.05) is 37.8 Å². The molecule has 2 aliphatic rings. The molecule has 2 saturated heterocycles. The number of nitrogens with one attached hydrogen (secondary N) is 1. The lowest BCUT2D eigenvalue weighted by molar-refractivity contribution is -0.0986. The number of ether oxygens (including phenoxy) is 1. The summed E-state index contributed by atoms with van der Waals surface area (Å²) >= 11 is 0. The monoisotopic (exact) mass is 296 g/mol. The maximum absolute atomic E-state index is 5.94. The van der Waals surface area contributed by atoms with Crippen LogP contribution in [0.3, 0.4) is 0 Å². The fourth-order valence-electron chi connectivity index (χ4n) is 4.00. The van der Waals surface area contributed by atoms with Crippen molar-refractivity contribution in [2.75, 3.05) is 19.7 Å². The van der Waals surface area contributed by atoms with Crippen LogP contribution in [-0.2, 0) is 4.74 Å². The normalized spacial score (nSPS) is 35.9. The van der Waals surface area contributed by atoms with E-state index in [1.54, 1.807) is 0 Å². The molecule has 0 saturated carbocycles. The molecule has 0 aromatic rings. The molecule has 2 rings (SSSR count). The van der Waals surface area contributed by atoms with Crippen molar-refractivity contribution in [1.82, 2.24) is 10.2 Å². The van der Waals surface area contributed by atoms with E-state index in [0.717, 1.165) is 19.1 Å². The van der Waals surface area contributed by atoms with Gasteiger partial charge in [-0.05, 0) is 38.5 Å². The minimum Gasteiger partial charge on any atom is -0.375 e. The number of hydrogen-bond donors (Lipinski definition) is 1. The third-order valence-electron chi connectivity index (χ3n) is 5.66. The van der Waals surface area contributed by atoms with Gasteiger partial charge in [0.15, 0.2) is 0 Å². The van der Waals surface area contributed by atoms with E-state index in [4.69, 9.17) is 4.74 Å². The summed E-state index contributed by atoms with van der Waals surface area (Å²) < 4.78 is 5.94. The van der Waals surface area contributed by atoms with Gasteiger partial charge in [0.25, 0.3) is 0 Å². The van der Waals surface area contributed by atoms with Crippen LogP contribution in [0.25, 0.3) is 0 Å². The highest BCUT2D eigenvalue weighted by Crippen LogP contribution is 2.31. The number of piperazine rings is 1. The van der Waals surface area contributed by atoms with Gasteiger partial charge in [0.1, 0.15) is 0 Å². The molecule has 0 radical (unpaired) electrons. The second-order valence-electron chi connectivity index (χ2n) is 8.16. The number of hydrogen-bond acceptors (Lipinski definition) is 3. The average molecular weight is 296 g/mol. The molecule has 21 heavy (non-hydrogen) atoms. The molecule has 2 heterocycles. The summed E-state index contributed by atoms with van der Waals surface area (Å²) in [5.41, 5.74) is 0.0428. The highest BCUT2D eigenvalue weighted by Gasteiger charge is 2.39. The first-order valence-electron chi connectivity index (χ1n) is 8.97. The van der Waals surface area contributed by atoms with Gasteiger partial charge < -0.3 is 10.1 Å². The molecule has 3 heteroatoms. The van der Waals surface area contributed by atoms with Gasteiger partial charge in [0.2, 0.25) is 0 Å². The van der Waals surface area contributed by atoms with E-state index in [1.165, 1.54) is 25.8 Å². The molecule has 1 N–H and O–H groups in total. The Morgan fingerprint density at radius 1 is 1.29 bits per heavy atom. The summed E-state index contributed by atoms with van der Waals surface area (Å²) in [5, 5.41) is 3.82. The Hall–Kier alpha value is -0.120. The van der Waals surface area contributed by atoms with Crippen LogP contribution < -0.4 is 5.32 Å². The summed E-state index contributed by atoms with van der Waals surface area (Å²) in [6, 6.07) is 2.01. The standard InChI is InChI=1S/C18H36N2O/c1-7-14(4)16-12-20(17(11-19-16)13(2)3)15-8-9-21-18(5,6)10-15/h13-17,19H,7-12H2,1-6H3. The van der Waals surface area contributed by atoms with Crippen LogP contribution in [0.5, 0.6) is 0 Å². The van der Waals surface area contributed by atoms with E-state index >= 15 is 0 Å². The highest BCUT2D eigenvalue weighted by atomic mass is 16.5.